The molecule has 0 saturated carbocycles. The maximum atomic E-state index is 11.6. The van der Waals surface area contributed by atoms with Crippen molar-refractivity contribution in [3.63, 3.8) is 0 Å². The third kappa shape index (κ3) is 2.64. The smallest absolute Gasteiger partial charge is 0.237 e. The van der Waals surface area contributed by atoms with E-state index in [1.54, 1.807) is 6.92 Å². The van der Waals surface area contributed by atoms with Crippen molar-refractivity contribution in [2.24, 2.45) is 0 Å². The predicted octanol–water partition coefficient (Wildman–Crippen LogP) is 3.48. The average molecular weight is 272 g/mol. The molecule has 1 unspecified atom stereocenters. The Bertz CT molecular complexity index is 588. The number of ketones is 1. The highest BCUT2D eigenvalue weighted by Gasteiger charge is 2.31. The van der Waals surface area contributed by atoms with E-state index in [4.69, 9.17) is 4.52 Å². The van der Waals surface area contributed by atoms with Crippen molar-refractivity contribution in [2.45, 2.75) is 45.4 Å². The van der Waals surface area contributed by atoms with Gasteiger partial charge in [0.2, 0.25) is 5.89 Å². The summed E-state index contributed by atoms with van der Waals surface area (Å²) in [5.41, 5.74) is 0.765. The van der Waals surface area contributed by atoms with Crippen LogP contribution in [0, 0.1) is 0 Å². The molecule has 0 aliphatic rings. The normalized spacial score (nSPS) is 13.2. The molecule has 0 amide bonds. The van der Waals surface area contributed by atoms with Gasteiger partial charge in [-0.2, -0.15) is 4.98 Å². The molecule has 2 rings (SSSR count). The molecule has 0 fully saturated rings. The summed E-state index contributed by atoms with van der Waals surface area (Å²) < 4.78 is 5.30. The van der Waals surface area contributed by atoms with E-state index in [1.807, 2.05) is 51.1 Å². The second kappa shape index (κ2) is 5.57. The van der Waals surface area contributed by atoms with Crippen molar-refractivity contribution in [3.8, 4) is 0 Å². The van der Waals surface area contributed by atoms with E-state index in [0.29, 0.717) is 18.1 Å². The SMILES string of the molecule is CCC(C(C)=O)c1nc(C(C)(C)c2ccccc2)no1. The molecule has 1 atom stereocenters. The molecule has 0 aliphatic carbocycles. The maximum Gasteiger partial charge on any atom is 0.237 e. The number of benzene rings is 1. The van der Waals surface area contributed by atoms with Gasteiger partial charge in [-0.05, 0) is 32.8 Å². The van der Waals surface area contributed by atoms with Crippen LogP contribution in [0.3, 0.4) is 0 Å². The second-order valence-electron chi connectivity index (χ2n) is 5.52. The fourth-order valence-electron chi connectivity index (χ4n) is 2.25. The Morgan fingerprint density at radius 1 is 1.30 bits per heavy atom. The van der Waals surface area contributed by atoms with Crippen molar-refractivity contribution < 1.29 is 9.32 Å². The largest absolute Gasteiger partial charge is 0.339 e. The molecule has 0 aliphatic heterocycles. The summed E-state index contributed by atoms with van der Waals surface area (Å²) in [4.78, 5) is 16.0. The summed E-state index contributed by atoms with van der Waals surface area (Å²) in [5.74, 6) is 0.778. The van der Waals surface area contributed by atoms with Gasteiger partial charge < -0.3 is 4.52 Å². The van der Waals surface area contributed by atoms with Gasteiger partial charge in [-0.1, -0.05) is 42.4 Å². The summed E-state index contributed by atoms with van der Waals surface area (Å²) >= 11 is 0. The van der Waals surface area contributed by atoms with E-state index in [0.717, 1.165) is 5.56 Å². The number of Topliss-reactive ketones (excluding diaryl/α,β-unsaturated/α-hetero) is 1. The Morgan fingerprint density at radius 2 is 1.95 bits per heavy atom. The van der Waals surface area contributed by atoms with Crippen molar-refractivity contribution in [1.29, 1.82) is 0 Å². The Morgan fingerprint density at radius 3 is 2.50 bits per heavy atom. The molecule has 4 nitrogen and oxygen atoms in total. The molecule has 1 aromatic heterocycles. The molecule has 20 heavy (non-hydrogen) atoms. The number of carbonyl (C=O) groups is 1. The number of carbonyl (C=O) groups excluding carboxylic acids is 1. The van der Waals surface area contributed by atoms with E-state index in [9.17, 15) is 4.79 Å². The monoisotopic (exact) mass is 272 g/mol. The zero-order chi connectivity index (χ0) is 14.8. The number of nitrogens with zero attached hydrogens (tertiary/aromatic N) is 2. The van der Waals surface area contributed by atoms with Crippen molar-refractivity contribution in [2.75, 3.05) is 0 Å². The van der Waals surface area contributed by atoms with Crippen LogP contribution in [-0.4, -0.2) is 15.9 Å². The molecule has 0 spiro atoms. The first-order valence-electron chi connectivity index (χ1n) is 6.87. The molecule has 4 heteroatoms. The van der Waals surface area contributed by atoms with Crippen LogP contribution in [0.5, 0.6) is 0 Å². The third-order valence-electron chi connectivity index (χ3n) is 3.69. The maximum absolute atomic E-state index is 11.6. The molecule has 1 heterocycles. The molecular weight excluding hydrogens is 252 g/mol. The molecule has 0 radical (unpaired) electrons. The van der Waals surface area contributed by atoms with Gasteiger partial charge in [-0.15, -0.1) is 0 Å². The highest BCUT2D eigenvalue weighted by molar-refractivity contribution is 5.82. The van der Waals surface area contributed by atoms with E-state index in [2.05, 4.69) is 10.1 Å². The quantitative estimate of drug-likeness (QED) is 0.836. The topological polar surface area (TPSA) is 56.0 Å². The lowest BCUT2D eigenvalue weighted by atomic mass is 9.84. The van der Waals surface area contributed by atoms with Gasteiger partial charge in [0, 0.05) is 0 Å². The van der Waals surface area contributed by atoms with E-state index >= 15 is 0 Å². The van der Waals surface area contributed by atoms with Crippen LogP contribution in [0.15, 0.2) is 34.9 Å². The van der Waals surface area contributed by atoms with Gasteiger partial charge >= 0.3 is 0 Å². The standard InChI is InChI=1S/C16H20N2O2/c1-5-13(11(2)19)14-17-15(18-20-14)16(3,4)12-9-7-6-8-10-12/h6-10,13H,5H2,1-4H3. The van der Waals surface area contributed by atoms with Crippen molar-refractivity contribution in [3.05, 3.63) is 47.6 Å². The average Bonchev–Trinajstić information content (AvgIpc) is 2.90. The van der Waals surface area contributed by atoms with Crippen LogP contribution in [-0.2, 0) is 10.2 Å². The number of aromatic nitrogens is 2. The zero-order valence-corrected chi connectivity index (χ0v) is 12.4. The second-order valence-corrected chi connectivity index (χ2v) is 5.52. The van der Waals surface area contributed by atoms with Gasteiger partial charge in [0.1, 0.15) is 5.78 Å². The van der Waals surface area contributed by atoms with Crippen LogP contribution in [0.1, 0.15) is 57.3 Å². The zero-order valence-electron chi connectivity index (χ0n) is 12.4. The summed E-state index contributed by atoms with van der Waals surface area (Å²) in [5, 5.41) is 4.08. The predicted molar refractivity (Wildman–Crippen MR) is 76.6 cm³/mol. The molecule has 0 saturated heterocycles. The van der Waals surface area contributed by atoms with Crippen molar-refractivity contribution >= 4 is 5.78 Å². The van der Waals surface area contributed by atoms with Crippen LogP contribution >= 0.6 is 0 Å². The Hall–Kier alpha value is -1.97. The molecule has 0 N–H and O–H groups in total. The third-order valence-corrected chi connectivity index (χ3v) is 3.69. The fourth-order valence-corrected chi connectivity index (χ4v) is 2.25. The van der Waals surface area contributed by atoms with Crippen LogP contribution in [0.2, 0.25) is 0 Å². The van der Waals surface area contributed by atoms with E-state index in [-0.39, 0.29) is 17.1 Å². The first-order chi connectivity index (χ1) is 9.46. The highest BCUT2D eigenvalue weighted by atomic mass is 16.5. The fraction of sp³-hybridized carbons (Fsp3) is 0.438. The Labute approximate surface area is 119 Å². The Kier molecular flexibility index (Phi) is 4.02. The van der Waals surface area contributed by atoms with Gasteiger partial charge in [0.05, 0.1) is 11.3 Å². The van der Waals surface area contributed by atoms with E-state index in [1.165, 1.54) is 0 Å². The van der Waals surface area contributed by atoms with Crippen LogP contribution < -0.4 is 0 Å². The van der Waals surface area contributed by atoms with Crippen LogP contribution in [0.25, 0.3) is 0 Å². The summed E-state index contributed by atoms with van der Waals surface area (Å²) in [6.45, 7) is 7.59. The van der Waals surface area contributed by atoms with Gasteiger partial charge in [0.25, 0.3) is 0 Å². The lowest BCUT2D eigenvalue weighted by Crippen LogP contribution is -2.21. The van der Waals surface area contributed by atoms with Gasteiger partial charge in [-0.25, -0.2) is 0 Å². The van der Waals surface area contributed by atoms with Gasteiger partial charge in [-0.3, -0.25) is 4.79 Å². The summed E-state index contributed by atoms with van der Waals surface area (Å²) in [6, 6.07) is 10.0. The number of hydrogen-bond donors (Lipinski definition) is 0. The minimum Gasteiger partial charge on any atom is -0.339 e. The number of hydrogen-bond acceptors (Lipinski definition) is 4. The molecule has 0 bridgehead atoms. The first kappa shape index (κ1) is 14.4. The Balaban J connectivity index is 2.35. The lowest BCUT2D eigenvalue weighted by Gasteiger charge is -2.20. The summed E-state index contributed by atoms with van der Waals surface area (Å²) in [7, 11) is 0. The van der Waals surface area contributed by atoms with Crippen molar-refractivity contribution in [1.82, 2.24) is 10.1 Å². The summed E-state index contributed by atoms with van der Waals surface area (Å²) in [6.07, 6.45) is 0.669. The van der Waals surface area contributed by atoms with Gasteiger partial charge in [0.15, 0.2) is 5.82 Å². The minimum absolute atomic E-state index is 0.0558. The molecular formula is C16H20N2O2. The molecule has 1 aromatic carbocycles. The van der Waals surface area contributed by atoms with E-state index < -0.39 is 0 Å². The van der Waals surface area contributed by atoms with Crippen LogP contribution in [0.4, 0.5) is 0 Å². The highest BCUT2D eigenvalue weighted by Crippen LogP contribution is 2.30. The molecule has 106 valence electrons. The molecule has 2 aromatic rings. The lowest BCUT2D eigenvalue weighted by molar-refractivity contribution is -0.119. The first-order valence-corrected chi connectivity index (χ1v) is 6.87. The number of rotatable bonds is 5. The minimum atomic E-state index is -0.349.